The molecule has 7 heteroatoms. The van der Waals surface area contributed by atoms with Crippen molar-refractivity contribution in [3.8, 4) is 0 Å². The molecule has 0 fully saturated rings. The Labute approximate surface area is 162 Å². The van der Waals surface area contributed by atoms with Gasteiger partial charge in [0.2, 0.25) is 11.8 Å². The fraction of sp³-hybridized carbons (Fsp3) is 0.211. The smallest absolute Gasteiger partial charge is 0.240 e. The zero-order valence-electron chi connectivity index (χ0n) is 14.3. The van der Waals surface area contributed by atoms with Gasteiger partial charge in [0.1, 0.15) is 0 Å². The SMILES string of the molecule is Cc1c(Cl)cccc1NC(=O)CCCC(=O)N/N=C/c1cccc(Cl)c1. The normalized spacial score (nSPS) is 10.7. The minimum Gasteiger partial charge on any atom is -0.326 e. The molecule has 2 N–H and O–H groups in total. The zero-order chi connectivity index (χ0) is 18.9. The Morgan fingerprint density at radius 2 is 1.81 bits per heavy atom. The van der Waals surface area contributed by atoms with Crippen molar-refractivity contribution in [3.63, 3.8) is 0 Å². The van der Waals surface area contributed by atoms with Crippen LogP contribution >= 0.6 is 23.2 Å². The minimum atomic E-state index is -0.255. The van der Waals surface area contributed by atoms with E-state index in [1.807, 2.05) is 13.0 Å². The lowest BCUT2D eigenvalue weighted by Crippen LogP contribution is -2.18. The monoisotopic (exact) mass is 391 g/mol. The Morgan fingerprint density at radius 3 is 2.58 bits per heavy atom. The van der Waals surface area contributed by atoms with Crippen molar-refractivity contribution in [1.82, 2.24) is 5.43 Å². The quantitative estimate of drug-likeness (QED) is 0.536. The summed E-state index contributed by atoms with van der Waals surface area (Å²) in [6.07, 6.45) is 2.37. The molecule has 2 aromatic rings. The standard InChI is InChI=1S/C19H19Cl2N3O2/c1-13-16(21)7-3-8-17(13)23-18(25)9-4-10-19(26)24-22-12-14-5-2-6-15(20)11-14/h2-3,5-8,11-12H,4,9-10H2,1H3,(H,23,25)(H,24,26)/b22-12+. The molecule has 0 saturated heterocycles. The number of hydrazone groups is 1. The van der Waals surface area contributed by atoms with Crippen molar-refractivity contribution >= 4 is 46.9 Å². The minimum absolute atomic E-state index is 0.161. The van der Waals surface area contributed by atoms with Crippen LogP contribution in [0.25, 0.3) is 0 Å². The van der Waals surface area contributed by atoms with E-state index in [-0.39, 0.29) is 24.7 Å². The van der Waals surface area contributed by atoms with Crippen molar-refractivity contribution < 1.29 is 9.59 Å². The van der Waals surface area contributed by atoms with Crippen molar-refractivity contribution in [2.24, 2.45) is 5.10 Å². The fourth-order valence-electron chi connectivity index (χ4n) is 2.19. The molecular weight excluding hydrogens is 373 g/mol. The highest BCUT2D eigenvalue weighted by molar-refractivity contribution is 6.31. The van der Waals surface area contributed by atoms with E-state index in [0.717, 1.165) is 11.1 Å². The van der Waals surface area contributed by atoms with Crippen molar-refractivity contribution in [1.29, 1.82) is 0 Å². The number of hydrogen-bond donors (Lipinski definition) is 2. The Bertz CT molecular complexity index is 822. The molecule has 0 aromatic heterocycles. The highest BCUT2D eigenvalue weighted by atomic mass is 35.5. The van der Waals surface area contributed by atoms with Crippen LogP contribution in [-0.2, 0) is 9.59 Å². The number of amides is 2. The molecule has 0 aliphatic rings. The van der Waals surface area contributed by atoms with Crippen LogP contribution in [0.4, 0.5) is 5.69 Å². The fourth-order valence-corrected chi connectivity index (χ4v) is 2.56. The van der Waals surface area contributed by atoms with Crippen LogP contribution in [0.3, 0.4) is 0 Å². The van der Waals surface area contributed by atoms with Crippen LogP contribution in [0.1, 0.15) is 30.4 Å². The van der Waals surface area contributed by atoms with Crippen LogP contribution in [-0.4, -0.2) is 18.0 Å². The highest BCUT2D eigenvalue weighted by Gasteiger charge is 2.08. The number of benzene rings is 2. The lowest BCUT2D eigenvalue weighted by atomic mass is 10.2. The van der Waals surface area contributed by atoms with Crippen LogP contribution in [0, 0.1) is 6.92 Å². The molecular formula is C19H19Cl2N3O2. The van der Waals surface area contributed by atoms with Crippen LogP contribution in [0.2, 0.25) is 10.0 Å². The van der Waals surface area contributed by atoms with Gasteiger partial charge in [-0.25, -0.2) is 5.43 Å². The van der Waals surface area contributed by atoms with E-state index in [9.17, 15) is 9.59 Å². The molecule has 2 aromatic carbocycles. The van der Waals surface area contributed by atoms with E-state index >= 15 is 0 Å². The second-order valence-electron chi connectivity index (χ2n) is 5.66. The molecule has 0 saturated carbocycles. The topological polar surface area (TPSA) is 70.6 Å². The van der Waals surface area contributed by atoms with Crippen molar-refractivity contribution in [2.75, 3.05) is 5.32 Å². The van der Waals surface area contributed by atoms with E-state index < -0.39 is 0 Å². The highest BCUT2D eigenvalue weighted by Crippen LogP contribution is 2.23. The Morgan fingerprint density at radius 1 is 1.08 bits per heavy atom. The summed E-state index contributed by atoms with van der Waals surface area (Å²) in [6, 6.07) is 12.4. The van der Waals surface area contributed by atoms with E-state index in [0.29, 0.717) is 22.2 Å². The first-order valence-corrected chi connectivity index (χ1v) is 8.84. The average molecular weight is 392 g/mol. The van der Waals surface area contributed by atoms with E-state index in [2.05, 4.69) is 15.8 Å². The van der Waals surface area contributed by atoms with Gasteiger partial charge >= 0.3 is 0 Å². The van der Waals surface area contributed by atoms with Gasteiger partial charge < -0.3 is 5.32 Å². The predicted molar refractivity (Wildman–Crippen MR) is 106 cm³/mol. The summed E-state index contributed by atoms with van der Waals surface area (Å²) in [7, 11) is 0. The first kappa shape index (κ1) is 19.9. The molecule has 0 aliphatic carbocycles. The molecule has 5 nitrogen and oxygen atoms in total. The molecule has 0 atom stereocenters. The summed E-state index contributed by atoms with van der Waals surface area (Å²) in [6.45, 7) is 1.84. The summed E-state index contributed by atoms with van der Waals surface area (Å²) in [5.74, 6) is -0.416. The van der Waals surface area contributed by atoms with E-state index in [1.54, 1.807) is 36.4 Å². The number of carbonyl (C=O) groups is 2. The number of carbonyl (C=O) groups excluding carboxylic acids is 2. The molecule has 0 heterocycles. The van der Waals surface area contributed by atoms with Gasteiger partial charge in [-0.1, -0.05) is 41.4 Å². The largest absolute Gasteiger partial charge is 0.326 e. The maximum absolute atomic E-state index is 12.0. The summed E-state index contributed by atoms with van der Waals surface area (Å²) >= 11 is 11.9. The number of halogens is 2. The summed E-state index contributed by atoms with van der Waals surface area (Å²) in [5, 5.41) is 7.86. The molecule has 0 radical (unpaired) electrons. The maximum atomic E-state index is 12.0. The zero-order valence-corrected chi connectivity index (χ0v) is 15.8. The molecule has 0 bridgehead atoms. The molecule has 2 rings (SSSR count). The van der Waals surface area contributed by atoms with Gasteiger partial charge in [0.15, 0.2) is 0 Å². The van der Waals surface area contributed by atoms with Gasteiger partial charge in [0, 0.05) is 28.6 Å². The maximum Gasteiger partial charge on any atom is 0.240 e. The number of rotatable bonds is 7. The molecule has 136 valence electrons. The number of nitrogens with one attached hydrogen (secondary N) is 2. The average Bonchev–Trinajstić information content (AvgIpc) is 2.59. The first-order chi connectivity index (χ1) is 12.5. The van der Waals surface area contributed by atoms with Gasteiger partial charge in [-0.15, -0.1) is 0 Å². The van der Waals surface area contributed by atoms with Crippen molar-refractivity contribution in [2.45, 2.75) is 26.2 Å². The molecule has 0 aliphatic heterocycles. The van der Waals surface area contributed by atoms with Crippen LogP contribution in [0.5, 0.6) is 0 Å². The van der Waals surface area contributed by atoms with Gasteiger partial charge in [0.05, 0.1) is 6.21 Å². The lowest BCUT2D eigenvalue weighted by Gasteiger charge is -2.09. The van der Waals surface area contributed by atoms with Crippen LogP contribution < -0.4 is 10.7 Å². The molecule has 2 amide bonds. The summed E-state index contributed by atoms with van der Waals surface area (Å²) in [4.78, 5) is 23.7. The summed E-state index contributed by atoms with van der Waals surface area (Å²) < 4.78 is 0. The number of anilines is 1. The van der Waals surface area contributed by atoms with E-state index in [1.165, 1.54) is 6.21 Å². The second kappa shape index (κ2) is 9.94. The Balaban J connectivity index is 1.71. The Hall–Kier alpha value is -2.37. The van der Waals surface area contributed by atoms with Crippen LogP contribution in [0.15, 0.2) is 47.6 Å². The predicted octanol–water partition coefficient (Wildman–Crippen LogP) is 4.56. The molecule has 26 heavy (non-hydrogen) atoms. The number of nitrogens with zero attached hydrogens (tertiary/aromatic N) is 1. The third-order valence-electron chi connectivity index (χ3n) is 3.60. The van der Waals surface area contributed by atoms with Gasteiger partial charge in [-0.3, -0.25) is 9.59 Å². The van der Waals surface area contributed by atoms with Crippen molar-refractivity contribution in [3.05, 3.63) is 63.6 Å². The third kappa shape index (κ3) is 6.50. The van der Waals surface area contributed by atoms with Gasteiger partial charge in [-0.05, 0) is 48.7 Å². The van der Waals surface area contributed by atoms with Gasteiger partial charge in [0.25, 0.3) is 0 Å². The Kier molecular flexibility index (Phi) is 7.63. The summed E-state index contributed by atoms with van der Waals surface area (Å²) in [5.41, 5.74) is 4.71. The van der Waals surface area contributed by atoms with E-state index in [4.69, 9.17) is 23.2 Å². The molecule has 0 spiro atoms. The van der Waals surface area contributed by atoms with Gasteiger partial charge in [-0.2, -0.15) is 5.10 Å². The second-order valence-corrected chi connectivity index (χ2v) is 6.51. The molecule has 0 unspecified atom stereocenters. The number of hydrogen-bond acceptors (Lipinski definition) is 3. The first-order valence-electron chi connectivity index (χ1n) is 8.08. The lowest BCUT2D eigenvalue weighted by molar-refractivity contribution is -0.121. The third-order valence-corrected chi connectivity index (χ3v) is 4.25.